The summed E-state index contributed by atoms with van der Waals surface area (Å²) in [5.74, 6) is 1.28. The van der Waals surface area contributed by atoms with E-state index in [4.69, 9.17) is 11.2 Å². The van der Waals surface area contributed by atoms with Gasteiger partial charge in [0.05, 0.1) is 11.3 Å². The number of benzene rings is 3. The topological polar surface area (TPSA) is 66.8 Å². The van der Waals surface area contributed by atoms with Gasteiger partial charge in [-0.2, -0.15) is 0 Å². The van der Waals surface area contributed by atoms with Gasteiger partial charge in [0.25, 0.3) is 0 Å². The number of amides is 1. The number of carbonyl (C=O) groups is 2. The molecule has 0 saturated carbocycles. The SMILES string of the molecule is C#Cc1cc(C(=O)O)c(C)c(N(C)C(=O)OCC2c3ccccc3-c3ccccc32)c1. The molecule has 0 unspecified atom stereocenters. The number of anilines is 1. The minimum atomic E-state index is -1.10. The second kappa shape index (κ2) is 8.00. The molecule has 0 heterocycles. The van der Waals surface area contributed by atoms with Crippen molar-refractivity contribution < 1.29 is 19.4 Å². The molecule has 4 rings (SSSR count). The lowest BCUT2D eigenvalue weighted by molar-refractivity contribution is 0.0696. The Morgan fingerprint density at radius 2 is 1.65 bits per heavy atom. The number of fused-ring (bicyclic) bond motifs is 3. The van der Waals surface area contributed by atoms with Crippen LogP contribution in [-0.4, -0.2) is 30.8 Å². The number of carbonyl (C=O) groups excluding carboxylic acids is 1. The molecule has 0 bridgehead atoms. The molecular formula is C26H21NO4. The van der Waals surface area contributed by atoms with Crippen LogP contribution in [-0.2, 0) is 4.74 Å². The fourth-order valence-electron chi connectivity index (χ4n) is 4.14. The Bertz CT molecular complexity index is 1190. The molecule has 5 nitrogen and oxygen atoms in total. The molecule has 0 aliphatic heterocycles. The van der Waals surface area contributed by atoms with Crippen LogP contribution in [0.1, 0.15) is 38.5 Å². The average Bonchev–Trinajstić information content (AvgIpc) is 3.10. The monoisotopic (exact) mass is 411 g/mol. The largest absolute Gasteiger partial charge is 0.478 e. The maximum absolute atomic E-state index is 12.9. The lowest BCUT2D eigenvalue weighted by atomic mass is 9.98. The van der Waals surface area contributed by atoms with Gasteiger partial charge in [0.1, 0.15) is 6.61 Å². The molecule has 154 valence electrons. The van der Waals surface area contributed by atoms with Crippen LogP contribution >= 0.6 is 0 Å². The Hall–Kier alpha value is -4.04. The lowest BCUT2D eigenvalue weighted by Gasteiger charge is -2.22. The van der Waals surface area contributed by atoms with Gasteiger partial charge in [-0.3, -0.25) is 4.90 Å². The maximum Gasteiger partial charge on any atom is 0.414 e. The van der Waals surface area contributed by atoms with Crippen LogP contribution in [0.5, 0.6) is 0 Å². The summed E-state index contributed by atoms with van der Waals surface area (Å²) in [5, 5.41) is 9.46. The molecule has 0 radical (unpaired) electrons. The summed E-state index contributed by atoms with van der Waals surface area (Å²) < 4.78 is 5.67. The van der Waals surface area contributed by atoms with E-state index < -0.39 is 12.1 Å². The minimum absolute atomic E-state index is 0.0579. The van der Waals surface area contributed by atoms with Gasteiger partial charge in [-0.15, -0.1) is 6.42 Å². The quantitative estimate of drug-likeness (QED) is 0.610. The average molecular weight is 411 g/mol. The summed E-state index contributed by atoms with van der Waals surface area (Å²) in [7, 11) is 1.55. The van der Waals surface area contributed by atoms with Crippen LogP contribution in [0.4, 0.5) is 10.5 Å². The summed E-state index contributed by atoms with van der Waals surface area (Å²) in [5.41, 5.74) is 5.84. The number of hydrogen-bond acceptors (Lipinski definition) is 3. The van der Waals surface area contributed by atoms with Crippen LogP contribution in [0.15, 0.2) is 60.7 Å². The number of carboxylic acids is 1. The summed E-state index contributed by atoms with van der Waals surface area (Å²) in [4.78, 5) is 25.7. The first kappa shape index (κ1) is 20.2. The zero-order chi connectivity index (χ0) is 22.1. The molecule has 1 aliphatic rings. The number of terminal acetylenes is 1. The molecular weight excluding hydrogens is 390 g/mol. The highest BCUT2D eigenvalue weighted by Gasteiger charge is 2.29. The van der Waals surface area contributed by atoms with E-state index in [-0.39, 0.29) is 18.1 Å². The number of rotatable bonds is 4. The molecule has 3 aromatic carbocycles. The molecule has 0 spiro atoms. The number of aromatic carboxylic acids is 1. The molecule has 3 aromatic rings. The Morgan fingerprint density at radius 1 is 1.06 bits per heavy atom. The molecule has 1 aliphatic carbocycles. The van der Waals surface area contributed by atoms with Crippen LogP contribution in [0, 0.1) is 19.3 Å². The van der Waals surface area contributed by atoms with Crippen molar-refractivity contribution in [3.63, 3.8) is 0 Å². The van der Waals surface area contributed by atoms with E-state index in [9.17, 15) is 14.7 Å². The van der Waals surface area contributed by atoms with Crippen LogP contribution in [0.25, 0.3) is 11.1 Å². The van der Waals surface area contributed by atoms with Crippen molar-refractivity contribution in [3.8, 4) is 23.5 Å². The van der Waals surface area contributed by atoms with Crippen molar-refractivity contribution in [2.24, 2.45) is 0 Å². The minimum Gasteiger partial charge on any atom is -0.478 e. The fraction of sp³-hybridized carbons (Fsp3) is 0.154. The third kappa shape index (κ3) is 3.53. The second-order valence-electron chi connectivity index (χ2n) is 7.48. The molecule has 1 N–H and O–H groups in total. The maximum atomic E-state index is 12.9. The van der Waals surface area contributed by atoms with E-state index in [1.807, 2.05) is 24.3 Å². The highest BCUT2D eigenvalue weighted by molar-refractivity contribution is 5.95. The standard InChI is InChI=1S/C26H21NO4/c1-4-17-13-22(25(28)29)16(2)24(14-17)27(3)26(30)31-15-23-20-11-7-5-9-18(20)19-10-6-8-12-21(19)23/h1,5-14,23H,15H2,2-3H3,(H,28,29). The van der Waals surface area contributed by atoms with Gasteiger partial charge in [0, 0.05) is 18.5 Å². The lowest BCUT2D eigenvalue weighted by Crippen LogP contribution is -2.29. The van der Waals surface area contributed by atoms with Gasteiger partial charge in [-0.25, -0.2) is 9.59 Å². The second-order valence-corrected chi connectivity index (χ2v) is 7.48. The van der Waals surface area contributed by atoms with E-state index in [0.717, 1.165) is 22.3 Å². The highest BCUT2D eigenvalue weighted by atomic mass is 16.6. The number of carboxylic acid groups (broad SMARTS) is 1. The van der Waals surface area contributed by atoms with E-state index in [1.54, 1.807) is 20.0 Å². The predicted molar refractivity (Wildman–Crippen MR) is 120 cm³/mol. The highest BCUT2D eigenvalue weighted by Crippen LogP contribution is 2.44. The van der Waals surface area contributed by atoms with Gasteiger partial charge < -0.3 is 9.84 Å². The van der Waals surface area contributed by atoms with E-state index in [1.165, 1.54) is 11.0 Å². The fourth-order valence-corrected chi connectivity index (χ4v) is 4.14. The molecule has 0 atom stereocenters. The number of ether oxygens (including phenoxy) is 1. The smallest absolute Gasteiger partial charge is 0.414 e. The molecule has 1 amide bonds. The number of hydrogen-bond donors (Lipinski definition) is 1. The number of nitrogens with zero attached hydrogens (tertiary/aromatic N) is 1. The molecule has 0 fully saturated rings. The summed E-state index contributed by atoms with van der Waals surface area (Å²) in [6.07, 6.45) is 4.89. The van der Waals surface area contributed by atoms with Gasteiger partial charge >= 0.3 is 12.1 Å². The van der Waals surface area contributed by atoms with Crippen LogP contribution < -0.4 is 4.90 Å². The van der Waals surface area contributed by atoms with Crippen molar-refractivity contribution >= 4 is 17.7 Å². The zero-order valence-electron chi connectivity index (χ0n) is 17.3. The van der Waals surface area contributed by atoms with Crippen molar-refractivity contribution in [2.75, 3.05) is 18.6 Å². The zero-order valence-corrected chi connectivity index (χ0v) is 17.3. The summed E-state index contributed by atoms with van der Waals surface area (Å²) in [6.45, 7) is 1.82. The Balaban J connectivity index is 1.59. The van der Waals surface area contributed by atoms with E-state index in [0.29, 0.717) is 16.8 Å². The summed E-state index contributed by atoms with van der Waals surface area (Å²) >= 11 is 0. The van der Waals surface area contributed by atoms with Crippen LogP contribution in [0.2, 0.25) is 0 Å². The van der Waals surface area contributed by atoms with Gasteiger partial charge in [0.2, 0.25) is 0 Å². The third-order valence-corrected chi connectivity index (χ3v) is 5.75. The predicted octanol–water partition coefficient (Wildman–Crippen LogP) is 5.06. The molecule has 0 aromatic heterocycles. The first-order valence-electron chi connectivity index (χ1n) is 9.85. The van der Waals surface area contributed by atoms with Gasteiger partial charge in [-0.05, 0) is 46.9 Å². The van der Waals surface area contributed by atoms with Crippen molar-refractivity contribution in [3.05, 3.63) is 88.5 Å². The third-order valence-electron chi connectivity index (χ3n) is 5.75. The first-order valence-corrected chi connectivity index (χ1v) is 9.85. The first-order chi connectivity index (χ1) is 14.9. The van der Waals surface area contributed by atoms with Crippen molar-refractivity contribution in [2.45, 2.75) is 12.8 Å². The van der Waals surface area contributed by atoms with Crippen LogP contribution in [0.3, 0.4) is 0 Å². The molecule has 31 heavy (non-hydrogen) atoms. The Kier molecular flexibility index (Phi) is 5.22. The normalized spacial score (nSPS) is 11.9. The van der Waals surface area contributed by atoms with Crippen molar-refractivity contribution in [1.82, 2.24) is 0 Å². The Labute approximate surface area is 180 Å². The van der Waals surface area contributed by atoms with Gasteiger partial charge in [-0.1, -0.05) is 54.5 Å². The van der Waals surface area contributed by atoms with Crippen molar-refractivity contribution in [1.29, 1.82) is 0 Å². The van der Waals surface area contributed by atoms with E-state index >= 15 is 0 Å². The van der Waals surface area contributed by atoms with E-state index in [2.05, 4.69) is 30.2 Å². The molecule has 0 saturated heterocycles. The summed E-state index contributed by atoms with van der Waals surface area (Å²) in [6, 6.07) is 19.2. The molecule has 5 heteroatoms. The van der Waals surface area contributed by atoms with Gasteiger partial charge in [0.15, 0.2) is 0 Å². The Morgan fingerprint density at radius 3 is 2.19 bits per heavy atom.